The van der Waals surface area contributed by atoms with Crippen LogP contribution in [0.5, 0.6) is 0 Å². The molecule has 4 N–H and O–H groups in total. The van der Waals surface area contributed by atoms with Crippen LogP contribution in [-0.4, -0.2) is 30.9 Å². The zero-order chi connectivity index (χ0) is 25.2. The number of benzene rings is 2. The highest BCUT2D eigenvalue weighted by molar-refractivity contribution is 5.98. The van der Waals surface area contributed by atoms with Crippen LogP contribution in [0.4, 0.5) is 4.39 Å². The highest BCUT2D eigenvalue weighted by atomic mass is 19.1. The second kappa shape index (κ2) is 8.03. The summed E-state index contributed by atoms with van der Waals surface area (Å²) in [4.78, 5) is 9.54. The summed E-state index contributed by atoms with van der Waals surface area (Å²) in [6.45, 7) is 0. The average Bonchev–Trinajstić information content (AvgIpc) is 3.62. The standard InChI is InChI=1S/C30H26FN5O/c31-24-4-2-1-3-21(24)22-15-23-25(11-13-33-28(23)26-12-14-34-36-26)35-27(22)18-5-7-19(8-6-18)29(32)16-30(37,17-29)20-9-10-20/h1-8,11-15,20,37H,9-10,16-17,32H2,(H,34,36). The molecule has 184 valence electrons. The molecular weight excluding hydrogens is 465 g/mol. The number of hydrogen-bond acceptors (Lipinski definition) is 5. The van der Waals surface area contributed by atoms with Gasteiger partial charge in [0, 0.05) is 40.0 Å². The van der Waals surface area contributed by atoms with Gasteiger partial charge in [0.15, 0.2) is 0 Å². The molecule has 0 radical (unpaired) electrons. The van der Waals surface area contributed by atoms with Crippen molar-refractivity contribution in [2.75, 3.05) is 0 Å². The monoisotopic (exact) mass is 491 g/mol. The Bertz CT molecular complexity index is 1620. The Morgan fingerprint density at radius 1 is 0.946 bits per heavy atom. The number of pyridine rings is 2. The molecule has 3 aromatic heterocycles. The van der Waals surface area contributed by atoms with Crippen molar-refractivity contribution in [2.24, 2.45) is 11.7 Å². The Kier molecular flexibility index (Phi) is 4.83. The molecule has 0 unspecified atom stereocenters. The van der Waals surface area contributed by atoms with Crippen LogP contribution in [0.25, 0.3) is 44.7 Å². The zero-order valence-electron chi connectivity index (χ0n) is 20.2. The van der Waals surface area contributed by atoms with Crippen molar-refractivity contribution >= 4 is 10.9 Å². The van der Waals surface area contributed by atoms with Gasteiger partial charge in [-0.1, -0.05) is 42.5 Å². The Labute approximate surface area is 213 Å². The van der Waals surface area contributed by atoms with E-state index in [1.54, 1.807) is 24.5 Å². The SMILES string of the molecule is NC1(c2ccc(-c3nc4ccnc(-c5cc[nH]n5)c4cc3-c3ccccc3F)cc2)CC(O)(C2CC2)C1. The number of nitrogens with zero attached hydrogens (tertiary/aromatic N) is 3. The van der Waals surface area contributed by atoms with Gasteiger partial charge < -0.3 is 10.8 Å². The number of aromatic amines is 1. The Morgan fingerprint density at radius 3 is 2.43 bits per heavy atom. The lowest BCUT2D eigenvalue weighted by atomic mass is 9.60. The Hall–Kier alpha value is -3.94. The van der Waals surface area contributed by atoms with Gasteiger partial charge in [0.2, 0.25) is 0 Å². The number of hydrogen-bond donors (Lipinski definition) is 3. The van der Waals surface area contributed by atoms with Crippen molar-refractivity contribution in [3.63, 3.8) is 0 Å². The van der Waals surface area contributed by atoms with E-state index < -0.39 is 11.1 Å². The van der Waals surface area contributed by atoms with Crippen LogP contribution in [0.2, 0.25) is 0 Å². The summed E-state index contributed by atoms with van der Waals surface area (Å²) < 4.78 is 15.1. The number of H-pyrrole nitrogens is 1. The van der Waals surface area contributed by atoms with Gasteiger partial charge in [0.05, 0.1) is 22.5 Å². The van der Waals surface area contributed by atoms with E-state index in [0.29, 0.717) is 47.0 Å². The molecule has 5 aromatic rings. The first kappa shape index (κ1) is 22.3. The van der Waals surface area contributed by atoms with Crippen LogP contribution in [0.3, 0.4) is 0 Å². The lowest BCUT2D eigenvalue weighted by molar-refractivity contribution is -0.106. The third kappa shape index (κ3) is 3.65. The van der Waals surface area contributed by atoms with Crippen molar-refractivity contribution in [2.45, 2.75) is 36.8 Å². The van der Waals surface area contributed by atoms with E-state index in [2.05, 4.69) is 15.2 Å². The molecule has 2 fully saturated rings. The summed E-state index contributed by atoms with van der Waals surface area (Å²) in [6, 6.07) is 20.4. The van der Waals surface area contributed by atoms with Crippen LogP contribution in [0.15, 0.2) is 79.1 Å². The van der Waals surface area contributed by atoms with E-state index in [-0.39, 0.29) is 5.82 Å². The van der Waals surface area contributed by atoms with Gasteiger partial charge >= 0.3 is 0 Å². The first-order valence-electron chi connectivity index (χ1n) is 12.6. The van der Waals surface area contributed by atoms with Crippen molar-refractivity contribution in [3.05, 3.63) is 90.5 Å². The number of nitrogens with one attached hydrogen (secondary N) is 1. The number of aromatic nitrogens is 4. The predicted molar refractivity (Wildman–Crippen MR) is 141 cm³/mol. The molecule has 2 aliphatic carbocycles. The summed E-state index contributed by atoms with van der Waals surface area (Å²) in [6.07, 6.45) is 6.81. The van der Waals surface area contributed by atoms with Gasteiger partial charge in [-0.05, 0) is 61.4 Å². The van der Waals surface area contributed by atoms with Crippen LogP contribution < -0.4 is 5.73 Å². The molecule has 7 heteroatoms. The van der Waals surface area contributed by atoms with Gasteiger partial charge in [-0.25, -0.2) is 9.37 Å². The molecule has 0 bridgehead atoms. The fourth-order valence-electron chi connectivity index (χ4n) is 5.91. The van der Waals surface area contributed by atoms with Gasteiger partial charge in [-0.2, -0.15) is 5.10 Å². The molecule has 6 nitrogen and oxygen atoms in total. The van der Waals surface area contributed by atoms with Crippen LogP contribution in [-0.2, 0) is 5.54 Å². The Morgan fingerprint density at radius 2 is 1.73 bits per heavy atom. The summed E-state index contributed by atoms with van der Waals surface area (Å²) in [5.74, 6) is 0.0795. The van der Waals surface area contributed by atoms with E-state index in [9.17, 15) is 5.11 Å². The third-order valence-electron chi connectivity index (χ3n) is 7.96. The smallest absolute Gasteiger partial charge is 0.131 e. The maximum atomic E-state index is 15.1. The van der Waals surface area contributed by atoms with Gasteiger partial charge in [-0.3, -0.25) is 10.1 Å². The van der Waals surface area contributed by atoms with Crippen LogP contribution >= 0.6 is 0 Å². The van der Waals surface area contributed by atoms with E-state index in [1.165, 1.54) is 6.07 Å². The van der Waals surface area contributed by atoms with Gasteiger partial charge in [-0.15, -0.1) is 0 Å². The maximum Gasteiger partial charge on any atom is 0.131 e. The molecule has 7 rings (SSSR count). The minimum Gasteiger partial charge on any atom is -0.389 e. The number of rotatable bonds is 5. The quantitative estimate of drug-likeness (QED) is 0.298. The van der Waals surface area contributed by atoms with Crippen molar-refractivity contribution < 1.29 is 9.50 Å². The summed E-state index contributed by atoms with van der Waals surface area (Å²) in [5.41, 5.74) is 11.4. The highest BCUT2D eigenvalue weighted by Gasteiger charge is 2.58. The molecule has 0 atom stereocenters. The van der Waals surface area contributed by atoms with Crippen LogP contribution in [0, 0.1) is 11.7 Å². The number of nitrogens with two attached hydrogens (primary N) is 1. The topological polar surface area (TPSA) is 101 Å². The van der Waals surface area contributed by atoms with E-state index >= 15 is 4.39 Å². The molecular formula is C30H26FN5O. The first-order valence-corrected chi connectivity index (χ1v) is 12.6. The fraction of sp³-hybridized carbons (Fsp3) is 0.233. The molecule has 2 aliphatic rings. The molecule has 0 spiro atoms. The number of fused-ring (bicyclic) bond motifs is 1. The van der Waals surface area contributed by atoms with Crippen molar-refractivity contribution in [3.8, 4) is 33.8 Å². The largest absolute Gasteiger partial charge is 0.389 e. The van der Waals surface area contributed by atoms with Gasteiger partial charge in [0.1, 0.15) is 11.5 Å². The van der Waals surface area contributed by atoms with Crippen molar-refractivity contribution in [1.29, 1.82) is 0 Å². The second-order valence-electron chi connectivity index (χ2n) is 10.5. The number of aliphatic hydroxyl groups is 1. The van der Waals surface area contributed by atoms with Crippen molar-refractivity contribution in [1.82, 2.24) is 20.2 Å². The molecule has 3 heterocycles. The summed E-state index contributed by atoms with van der Waals surface area (Å²) in [5, 5.41) is 18.7. The third-order valence-corrected chi connectivity index (χ3v) is 7.96. The zero-order valence-corrected chi connectivity index (χ0v) is 20.2. The molecule has 0 saturated heterocycles. The highest BCUT2D eigenvalue weighted by Crippen LogP contribution is 2.57. The molecule has 0 aliphatic heterocycles. The predicted octanol–water partition coefficient (Wildman–Crippen LogP) is 5.58. The lowest BCUT2D eigenvalue weighted by Crippen LogP contribution is -2.60. The number of halogens is 1. The van der Waals surface area contributed by atoms with E-state index in [1.807, 2.05) is 48.5 Å². The Balaban J connectivity index is 1.34. The summed E-state index contributed by atoms with van der Waals surface area (Å²) >= 11 is 0. The first-order chi connectivity index (χ1) is 17.9. The average molecular weight is 492 g/mol. The van der Waals surface area contributed by atoms with E-state index in [0.717, 1.165) is 34.9 Å². The summed E-state index contributed by atoms with van der Waals surface area (Å²) in [7, 11) is 0. The minimum absolute atomic E-state index is 0.318. The lowest BCUT2D eigenvalue weighted by Gasteiger charge is -2.52. The molecule has 2 aromatic carbocycles. The molecule has 0 amide bonds. The van der Waals surface area contributed by atoms with E-state index in [4.69, 9.17) is 10.7 Å². The second-order valence-corrected chi connectivity index (χ2v) is 10.5. The minimum atomic E-state index is -0.620. The maximum absolute atomic E-state index is 15.1. The van der Waals surface area contributed by atoms with Crippen LogP contribution in [0.1, 0.15) is 31.2 Å². The molecule has 37 heavy (non-hydrogen) atoms. The molecule has 2 saturated carbocycles. The van der Waals surface area contributed by atoms with Gasteiger partial charge in [0.25, 0.3) is 0 Å². The normalized spacial score (nSPS) is 23.2. The fourth-order valence-corrected chi connectivity index (χ4v) is 5.91.